The zero-order chi connectivity index (χ0) is 37.3. The maximum absolute atomic E-state index is 4.72. The SMILES string of the molecule is c1cncc(N(c2ccc3c(c2)C2(c4ccccc4-c4ccccc42)c2ccccc2-3)c2cccc3c2-c2ccccc2C32c3ccccc3-c3ccccc32)c1. The van der Waals surface area contributed by atoms with E-state index in [1.807, 2.05) is 12.4 Å². The Morgan fingerprint density at radius 1 is 0.316 bits per heavy atom. The summed E-state index contributed by atoms with van der Waals surface area (Å²) in [4.78, 5) is 7.18. The average Bonchev–Trinajstić information content (AvgIpc) is 3.96. The van der Waals surface area contributed by atoms with E-state index in [4.69, 9.17) is 4.98 Å². The Balaban J connectivity index is 1.11. The molecular weight excluding hydrogens is 689 g/mol. The first-order valence-corrected chi connectivity index (χ1v) is 19.9. The van der Waals surface area contributed by atoms with E-state index in [1.165, 1.54) is 89.0 Å². The lowest BCUT2D eigenvalue weighted by Crippen LogP contribution is -2.26. The fourth-order valence-electron chi connectivity index (χ4n) is 11.4. The smallest absolute Gasteiger partial charge is 0.0726 e. The van der Waals surface area contributed by atoms with Gasteiger partial charge in [-0.25, -0.2) is 0 Å². The van der Waals surface area contributed by atoms with E-state index < -0.39 is 10.8 Å². The van der Waals surface area contributed by atoms with Crippen LogP contribution in [-0.2, 0) is 10.8 Å². The number of nitrogens with zero attached hydrogens (tertiary/aromatic N) is 2. The second-order valence-electron chi connectivity index (χ2n) is 15.7. The van der Waals surface area contributed by atoms with Gasteiger partial charge in [-0.15, -0.1) is 0 Å². The van der Waals surface area contributed by atoms with Gasteiger partial charge in [-0.1, -0.05) is 164 Å². The fraction of sp³-hybridized carbons (Fsp3) is 0.0364. The van der Waals surface area contributed by atoms with Gasteiger partial charge in [-0.3, -0.25) is 4.98 Å². The van der Waals surface area contributed by atoms with Gasteiger partial charge < -0.3 is 4.90 Å². The van der Waals surface area contributed by atoms with Crippen LogP contribution in [0.4, 0.5) is 17.1 Å². The van der Waals surface area contributed by atoms with Crippen LogP contribution in [0.2, 0.25) is 0 Å². The van der Waals surface area contributed by atoms with Crippen LogP contribution in [0, 0.1) is 0 Å². The van der Waals surface area contributed by atoms with E-state index in [2.05, 4.69) is 199 Å². The molecule has 0 radical (unpaired) electrons. The molecule has 9 aromatic rings. The summed E-state index contributed by atoms with van der Waals surface area (Å²) in [6.07, 6.45) is 3.88. The number of pyridine rings is 1. The molecule has 0 aliphatic heterocycles. The molecule has 0 saturated heterocycles. The van der Waals surface area contributed by atoms with Crippen molar-refractivity contribution in [3.8, 4) is 44.5 Å². The Hall–Kier alpha value is -7.29. The molecular formula is C55H34N2. The number of hydrogen-bond acceptors (Lipinski definition) is 2. The standard InChI is InChI=1S/C55H34N2/c1-7-22-44-37(16-1)38-17-2-8-23-45(38)54(44)49-27-12-6-21-43(49)53-50(54)28-13-29-52(53)57(36-15-14-32-56-34-36)35-30-31-42-41-20-5-11-26-48(41)55(51(42)33-35)46-24-9-3-18-39(46)40-19-4-10-25-47(40)55/h1-34H. The molecule has 0 saturated carbocycles. The monoisotopic (exact) mass is 722 g/mol. The summed E-state index contributed by atoms with van der Waals surface area (Å²) in [6.45, 7) is 0. The Bertz CT molecular complexity index is 3050. The minimum atomic E-state index is -0.442. The zero-order valence-electron chi connectivity index (χ0n) is 31.0. The summed E-state index contributed by atoms with van der Waals surface area (Å²) in [5.74, 6) is 0. The summed E-state index contributed by atoms with van der Waals surface area (Å²) in [6, 6.07) is 72.7. The molecule has 0 N–H and O–H groups in total. The molecule has 2 nitrogen and oxygen atoms in total. The third-order valence-electron chi connectivity index (χ3n) is 13.4. The van der Waals surface area contributed by atoms with E-state index in [1.54, 1.807) is 0 Å². The molecule has 4 aliphatic rings. The van der Waals surface area contributed by atoms with Gasteiger partial charge >= 0.3 is 0 Å². The van der Waals surface area contributed by atoms with Gasteiger partial charge in [0.15, 0.2) is 0 Å². The van der Waals surface area contributed by atoms with Crippen molar-refractivity contribution in [1.82, 2.24) is 4.98 Å². The molecule has 1 heterocycles. The van der Waals surface area contributed by atoms with E-state index in [9.17, 15) is 0 Å². The molecule has 2 heteroatoms. The van der Waals surface area contributed by atoms with Crippen molar-refractivity contribution in [3.63, 3.8) is 0 Å². The maximum Gasteiger partial charge on any atom is 0.0726 e. The van der Waals surface area contributed by atoms with Gasteiger partial charge in [-0.2, -0.15) is 0 Å². The van der Waals surface area contributed by atoms with Gasteiger partial charge in [0.05, 0.1) is 28.4 Å². The summed E-state index contributed by atoms with van der Waals surface area (Å²) < 4.78 is 0. The van der Waals surface area contributed by atoms with E-state index in [0.717, 1.165) is 17.1 Å². The number of hydrogen-bond donors (Lipinski definition) is 0. The molecule has 1 aromatic heterocycles. The Labute approximate surface area is 332 Å². The molecule has 13 rings (SSSR count). The van der Waals surface area contributed by atoms with Crippen molar-refractivity contribution in [3.05, 3.63) is 251 Å². The summed E-state index contributed by atoms with van der Waals surface area (Å²) in [7, 11) is 0. The van der Waals surface area contributed by atoms with E-state index in [-0.39, 0.29) is 0 Å². The highest BCUT2D eigenvalue weighted by Gasteiger charge is 2.54. The third-order valence-corrected chi connectivity index (χ3v) is 13.4. The molecule has 4 aliphatic carbocycles. The van der Waals surface area contributed by atoms with Crippen LogP contribution in [0.5, 0.6) is 0 Å². The van der Waals surface area contributed by atoms with Crippen LogP contribution in [-0.4, -0.2) is 4.98 Å². The summed E-state index contributed by atoms with van der Waals surface area (Å²) in [5.41, 5.74) is 23.4. The van der Waals surface area contributed by atoms with Crippen LogP contribution < -0.4 is 4.90 Å². The molecule has 0 atom stereocenters. The Morgan fingerprint density at radius 3 is 1.23 bits per heavy atom. The van der Waals surface area contributed by atoms with Gasteiger partial charge in [0.25, 0.3) is 0 Å². The quantitative estimate of drug-likeness (QED) is 0.180. The fourth-order valence-corrected chi connectivity index (χ4v) is 11.4. The van der Waals surface area contributed by atoms with Crippen molar-refractivity contribution in [2.24, 2.45) is 0 Å². The third kappa shape index (κ3) is 3.69. The molecule has 0 unspecified atom stereocenters. The van der Waals surface area contributed by atoms with E-state index >= 15 is 0 Å². The van der Waals surface area contributed by atoms with Crippen LogP contribution in [0.15, 0.2) is 207 Å². The molecule has 2 spiro atoms. The first kappa shape index (κ1) is 31.0. The number of benzene rings is 8. The topological polar surface area (TPSA) is 16.1 Å². The van der Waals surface area contributed by atoms with Crippen molar-refractivity contribution in [2.75, 3.05) is 4.90 Å². The largest absolute Gasteiger partial charge is 0.308 e. The summed E-state index contributed by atoms with van der Waals surface area (Å²) in [5, 5.41) is 0. The van der Waals surface area contributed by atoms with Crippen LogP contribution in [0.1, 0.15) is 44.5 Å². The number of anilines is 3. The van der Waals surface area contributed by atoms with Gasteiger partial charge in [0, 0.05) is 17.4 Å². The number of rotatable bonds is 3. The van der Waals surface area contributed by atoms with Crippen molar-refractivity contribution in [1.29, 1.82) is 0 Å². The molecule has 0 bridgehead atoms. The van der Waals surface area contributed by atoms with Crippen molar-refractivity contribution in [2.45, 2.75) is 10.8 Å². The van der Waals surface area contributed by atoms with E-state index in [0.29, 0.717) is 0 Å². The molecule has 8 aromatic carbocycles. The lowest BCUT2D eigenvalue weighted by atomic mass is 9.70. The van der Waals surface area contributed by atoms with Gasteiger partial charge in [0.1, 0.15) is 0 Å². The second kappa shape index (κ2) is 11.2. The summed E-state index contributed by atoms with van der Waals surface area (Å²) >= 11 is 0. The predicted molar refractivity (Wildman–Crippen MR) is 232 cm³/mol. The van der Waals surface area contributed by atoms with Crippen LogP contribution >= 0.6 is 0 Å². The maximum atomic E-state index is 4.72. The zero-order valence-corrected chi connectivity index (χ0v) is 31.0. The minimum absolute atomic E-state index is 0.434. The molecule has 264 valence electrons. The highest BCUT2D eigenvalue weighted by atomic mass is 15.2. The van der Waals surface area contributed by atoms with Crippen molar-refractivity contribution < 1.29 is 0 Å². The lowest BCUT2D eigenvalue weighted by molar-refractivity contribution is 0.793. The van der Waals surface area contributed by atoms with Crippen molar-refractivity contribution >= 4 is 17.1 Å². The van der Waals surface area contributed by atoms with Gasteiger partial charge in [0.2, 0.25) is 0 Å². The lowest BCUT2D eigenvalue weighted by Gasteiger charge is -2.33. The first-order valence-electron chi connectivity index (χ1n) is 19.9. The number of fused-ring (bicyclic) bond motifs is 20. The van der Waals surface area contributed by atoms with Crippen LogP contribution in [0.25, 0.3) is 44.5 Å². The predicted octanol–water partition coefficient (Wildman–Crippen LogP) is 13.2. The molecule has 0 fully saturated rings. The minimum Gasteiger partial charge on any atom is -0.308 e. The Morgan fingerprint density at radius 2 is 0.737 bits per heavy atom. The average molecular weight is 723 g/mol. The highest BCUT2D eigenvalue weighted by Crippen LogP contribution is 2.66. The first-order chi connectivity index (χ1) is 28.3. The van der Waals surface area contributed by atoms with Crippen LogP contribution in [0.3, 0.4) is 0 Å². The van der Waals surface area contributed by atoms with Gasteiger partial charge in [-0.05, 0) is 114 Å². The second-order valence-corrected chi connectivity index (χ2v) is 15.7. The Kier molecular flexibility index (Phi) is 6.06. The molecule has 57 heavy (non-hydrogen) atoms. The highest BCUT2D eigenvalue weighted by molar-refractivity contribution is 6.02. The number of aromatic nitrogens is 1. The molecule has 0 amide bonds. The normalized spacial score (nSPS) is 14.6.